The summed E-state index contributed by atoms with van der Waals surface area (Å²) in [6.07, 6.45) is 0. The van der Waals surface area contributed by atoms with Crippen molar-refractivity contribution >= 4 is 56.4 Å². The van der Waals surface area contributed by atoms with Gasteiger partial charge in [0.15, 0.2) is 0 Å². The lowest BCUT2D eigenvalue weighted by Gasteiger charge is -2.10. The predicted molar refractivity (Wildman–Crippen MR) is 84.6 cm³/mol. The van der Waals surface area contributed by atoms with Crippen LogP contribution in [0.15, 0.2) is 34.8 Å². The zero-order valence-electron chi connectivity index (χ0n) is 9.55. The van der Waals surface area contributed by atoms with Gasteiger partial charge in [-0.3, -0.25) is 0 Å². The first-order valence-electron chi connectivity index (χ1n) is 5.33. The lowest BCUT2D eigenvalue weighted by molar-refractivity contribution is 0.471. The number of rotatable bonds is 3. The monoisotopic (exact) mass is 379 g/mol. The lowest BCUT2D eigenvalue weighted by atomic mass is 10.2. The van der Waals surface area contributed by atoms with E-state index < -0.39 is 0 Å². The van der Waals surface area contributed by atoms with Crippen LogP contribution in [0.1, 0.15) is 5.56 Å². The van der Waals surface area contributed by atoms with Gasteiger partial charge in [0.05, 0.1) is 25.2 Å². The Balaban J connectivity index is 2.14. The first kappa shape index (κ1) is 14.8. The minimum atomic E-state index is 0.205. The smallest absolute Gasteiger partial charge is 0.129 e. The molecule has 0 radical (unpaired) electrons. The van der Waals surface area contributed by atoms with Gasteiger partial charge in [0.1, 0.15) is 5.75 Å². The summed E-state index contributed by atoms with van der Waals surface area (Å²) < 4.78 is 0.645. The topological polar surface area (TPSA) is 32.3 Å². The second-order valence-corrected chi connectivity index (χ2v) is 5.96. The van der Waals surface area contributed by atoms with Gasteiger partial charge in [-0.2, -0.15) is 0 Å². The second kappa shape index (κ2) is 6.23. The molecule has 19 heavy (non-hydrogen) atoms. The summed E-state index contributed by atoms with van der Waals surface area (Å²) in [4.78, 5) is 0. The van der Waals surface area contributed by atoms with Crippen molar-refractivity contribution < 1.29 is 5.11 Å². The predicted octanol–water partition coefficient (Wildman–Crippen LogP) is 5.73. The van der Waals surface area contributed by atoms with Gasteiger partial charge in [-0.1, -0.05) is 40.9 Å². The molecule has 0 heterocycles. The highest BCUT2D eigenvalue weighted by Crippen LogP contribution is 2.32. The lowest BCUT2D eigenvalue weighted by Crippen LogP contribution is -2.00. The van der Waals surface area contributed by atoms with Gasteiger partial charge in [0.25, 0.3) is 0 Å². The maximum Gasteiger partial charge on any atom is 0.129 e. The molecule has 2 rings (SSSR count). The molecule has 0 aliphatic rings. The zero-order chi connectivity index (χ0) is 14.0. The summed E-state index contributed by atoms with van der Waals surface area (Å²) in [5.41, 5.74) is 1.70. The molecule has 2 aromatic rings. The van der Waals surface area contributed by atoms with Crippen LogP contribution in [0.4, 0.5) is 5.69 Å². The highest BCUT2D eigenvalue weighted by atomic mass is 79.9. The number of hydrogen-bond acceptors (Lipinski definition) is 2. The van der Waals surface area contributed by atoms with Crippen LogP contribution >= 0.6 is 50.7 Å². The van der Waals surface area contributed by atoms with Crippen molar-refractivity contribution in [2.24, 2.45) is 0 Å². The Morgan fingerprint density at radius 1 is 1.00 bits per heavy atom. The fourth-order valence-corrected chi connectivity index (χ4v) is 2.56. The molecule has 0 aromatic heterocycles. The van der Waals surface area contributed by atoms with Crippen LogP contribution in [0.25, 0.3) is 0 Å². The van der Waals surface area contributed by atoms with Gasteiger partial charge in [0, 0.05) is 6.54 Å². The Labute approximate surface area is 134 Å². The van der Waals surface area contributed by atoms with E-state index in [2.05, 4.69) is 21.2 Å². The van der Waals surface area contributed by atoms with Gasteiger partial charge in [-0.05, 0) is 45.8 Å². The summed E-state index contributed by atoms with van der Waals surface area (Å²) in [5, 5.41) is 14.0. The Hall–Kier alpha value is -0.610. The summed E-state index contributed by atoms with van der Waals surface area (Å²) >= 11 is 21.1. The molecule has 2 aromatic carbocycles. The molecule has 0 bridgehead atoms. The largest absolute Gasteiger partial charge is 0.507 e. The maximum atomic E-state index is 9.42. The summed E-state index contributed by atoms with van der Waals surface area (Å²) in [5.74, 6) is 0.205. The van der Waals surface area contributed by atoms with Crippen LogP contribution in [-0.2, 0) is 6.54 Å². The van der Waals surface area contributed by atoms with Crippen LogP contribution in [0.3, 0.4) is 0 Å². The third-order valence-electron chi connectivity index (χ3n) is 2.51. The van der Waals surface area contributed by atoms with Crippen LogP contribution in [-0.4, -0.2) is 5.11 Å². The van der Waals surface area contributed by atoms with Gasteiger partial charge in [-0.25, -0.2) is 0 Å². The maximum absolute atomic E-state index is 9.42. The fraction of sp³-hybridized carbons (Fsp3) is 0.0769. The third-order valence-corrected chi connectivity index (χ3v) is 4.18. The number of benzene rings is 2. The van der Waals surface area contributed by atoms with E-state index in [0.29, 0.717) is 31.8 Å². The number of halogens is 4. The highest BCUT2D eigenvalue weighted by Gasteiger charge is 2.06. The van der Waals surface area contributed by atoms with Crippen LogP contribution < -0.4 is 5.32 Å². The van der Waals surface area contributed by atoms with Crippen molar-refractivity contribution in [3.05, 3.63) is 55.4 Å². The molecule has 0 saturated carbocycles. The van der Waals surface area contributed by atoms with Crippen molar-refractivity contribution in [3.8, 4) is 5.75 Å². The second-order valence-electron chi connectivity index (χ2n) is 3.89. The Morgan fingerprint density at radius 3 is 2.37 bits per heavy atom. The average Bonchev–Trinajstić information content (AvgIpc) is 2.36. The first-order valence-corrected chi connectivity index (χ1v) is 7.26. The van der Waals surface area contributed by atoms with Gasteiger partial charge in [0.2, 0.25) is 0 Å². The Morgan fingerprint density at radius 2 is 1.68 bits per heavy atom. The molecule has 0 aliphatic heterocycles. The number of aromatic hydroxyl groups is 1. The quantitative estimate of drug-likeness (QED) is 0.666. The number of phenolic OH excluding ortho intramolecular Hbond substituents is 1. The van der Waals surface area contributed by atoms with E-state index in [0.717, 1.165) is 5.56 Å². The molecule has 0 atom stereocenters. The minimum absolute atomic E-state index is 0.205. The van der Waals surface area contributed by atoms with Crippen molar-refractivity contribution in [2.45, 2.75) is 6.54 Å². The first-order chi connectivity index (χ1) is 8.97. The number of nitrogens with one attached hydrogen (secondary N) is 1. The molecule has 100 valence electrons. The van der Waals surface area contributed by atoms with E-state index in [4.69, 9.17) is 34.8 Å². The van der Waals surface area contributed by atoms with E-state index in [1.165, 1.54) is 0 Å². The number of phenols is 1. The molecule has 0 aliphatic carbocycles. The number of anilines is 1. The van der Waals surface area contributed by atoms with Gasteiger partial charge < -0.3 is 10.4 Å². The van der Waals surface area contributed by atoms with Crippen molar-refractivity contribution in [2.75, 3.05) is 5.32 Å². The van der Waals surface area contributed by atoms with E-state index in [9.17, 15) is 5.11 Å². The molecule has 0 spiro atoms. The van der Waals surface area contributed by atoms with Gasteiger partial charge in [-0.15, -0.1) is 0 Å². The van der Waals surface area contributed by atoms with Crippen LogP contribution in [0, 0.1) is 0 Å². The molecule has 6 heteroatoms. The summed E-state index contributed by atoms with van der Waals surface area (Å²) in [6, 6.07) is 8.55. The molecule has 2 nitrogen and oxygen atoms in total. The Kier molecular flexibility index (Phi) is 4.85. The van der Waals surface area contributed by atoms with E-state index in [1.807, 2.05) is 12.1 Å². The fourth-order valence-electron chi connectivity index (χ4n) is 1.52. The molecule has 0 unspecified atom stereocenters. The Bertz CT molecular complexity index is 619. The zero-order valence-corrected chi connectivity index (χ0v) is 13.4. The standard InChI is InChI=1S/C13H9BrCl3NO/c14-8-3-7(1-2-13(8)19)6-18-12-5-10(16)9(15)4-11(12)17/h1-5,18-19H,6H2. The van der Waals surface area contributed by atoms with E-state index in [1.54, 1.807) is 18.2 Å². The summed E-state index contributed by atoms with van der Waals surface area (Å²) in [7, 11) is 0. The molecular weight excluding hydrogens is 372 g/mol. The molecule has 0 fully saturated rings. The summed E-state index contributed by atoms with van der Waals surface area (Å²) in [6.45, 7) is 0.552. The SMILES string of the molecule is Oc1ccc(CNc2cc(Cl)c(Cl)cc2Cl)cc1Br. The molecule has 2 N–H and O–H groups in total. The number of hydrogen-bond donors (Lipinski definition) is 2. The third kappa shape index (κ3) is 3.69. The van der Waals surface area contributed by atoms with Crippen molar-refractivity contribution in [1.82, 2.24) is 0 Å². The molecular formula is C13H9BrCl3NO. The van der Waals surface area contributed by atoms with Gasteiger partial charge >= 0.3 is 0 Å². The van der Waals surface area contributed by atoms with E-state index >= 15 is 0 Å². The van der Waals surface area contributed by atoms with E-state index in [-0.39, 0.29) is 5.75 Å². The van der Waals surface area contributed by atoms with Crippen LogP contribution in [0.5, 0.6) is 5.75 Å². The highest BCUT2D eigenvalue weighted by molar-refractivity contribution is 9.10. The van der Waals surface area contributed by atoms with Crippen molar-refractivity contribution in [1.29, 1.82) is 0 Å². The van der Waals surface area contributed by atoms with Crippen LogP contribution in [0.2, 0.25) is 15.1 Å². The normalized spacial score (nSPS) is 10.5. The van der Waals surface area contributed by atoms with Crippen molar-refractivity contribution in [3.63, 3.8) is 0 Å². The molecule has 0 amide bonds. The average molecular weight is 381 g/mol. The molecule has 0 saturated heterocycles. The minimum Gasteiger partial charge on any atom is -0.507 e.